The highest BCUT2D eigenvalue weighted by molar-refractivity contribution is 5.93. The summed E-state index contributed by atoms with van der Waals surface area (Å²) in [5.41, 5.74) is 2.21. The number of halogens is 1. The van der Waals surface area contributed by atoms with Gasteiger partial charge in [0.1, 0.15) is 17.3 Å². The number of aromatic nitrogens is 4. The fraction of sp³-hybridized carbons (Fsp3) is 0.312. The molecule has 0 bridgehead atoms. The second-order valence-corrected chi connectivity index (χ2v) is 6.40. The first-order valence-corrected chi connectivity index (χ1v) is 7.31. The molecule has 3 aromatic rings. The smallest absolute Gasteiger partial charge is 0.272 e. The number of rotatable bonds is 3. The Bertz CT molecular complexity index is 859. The molecule has 6 nitrogen and oxygen atoms in total. The number of carbonyl (C=O) groups excluding carboxylic acids is 1. The highest BCUT2D eigenvalue weighted by atomic mass is 19.1. The molecule has 1 amide bonds. The standard InChI is InChI=1S/C16H18FN5O/c1-16(2,3)14-13(19-8-20-14)15(23)18-7-12-21-10-5-4-9(17)6-11(10)22-12/h4-6,8H,7H2,1-3H3,(H,18,23)(H,19,20)(H,21,22). The molecule has 1 aromatic carbocycles. The van der Waals surface area contributed by atoms with E-state index in [4.69, 9.17) is 0 Å². The number of carbonyl (C=O) groups is 1. The number of nitrogens with one attached hydrogen (secondary N) is 3. The van der Waals surface area contributed by atoms with Crippen molar-refractivity contribution in [2.75, 3.05) is 0 Å². The van der Waals surface area contributed by atoms with Crippen LogP contribution in [0.4, 0.5) is 4.39 Å². The van der Waals surface area contributed by atoms with E-state index in [1.807, 2.05) is 20.8 Å². The third-order valence-corrected chi connectivity index (χ3v) is 3.51. The minimum absolute atomic E-state index is 0.208. The van der Waals surface area contributed by atoms with Gasteiger partial charge in [-0.2, -0.15) is 0 Å². The van der Waals surface area contributed by atoms with Gasteiger partial charge >= 0.3 is 0 Å². The minimum Gasteiger partial charge on any atom is -0.347 e. The zero-order chi connectivity index (χ0) is 16.6. The average Bonchev–Trinajstić information content (AvgIpc) is 3.10. The van der Waals surface area contributed by atoms with Crippen molar-refractivity contribution in [3.05, 3.63) is 47.6 Å². The van der Waals surface area contributed by atoms with Crippen LogP contribution < -0.4 is 5.32 Å². The molecular weight excluding hydrogens is 297 g/mol. The fourth-order valence-electron chi connectivity index (χ4n) is 2.40. The fourth-order valence-corrected chi connectivity index (χ4v) is 2.40. The largest absolute Gasteiger partial charge is 0.347 e. The first-order valence-electron chi connectivity index (χ1n) is 7.31. The number of aromatic amines is 2. The number of benzene rings is 1. The Morgan fingerprint density at radius 2 is 2.13 bits per heavy atom. The van der Waals surface area contributed by atoms with Crippen LogP contribution in [0.3, 0.4) is 0 Å². The van der Waals surface area contributed by atoms with Gasteiger partial charge in [0.25, 0.3) is 5.91 Å². The van der Waals surface area contributed by atoms with E-state index in [-0.39, 0.29) is 23.7 Å². The molecule has 0 aliphatic rings. The van der Waals surface area contributed by atoms with Crippen molar-refractivity contribution < 1.29 is 9.18 Å². The first kappa shape index (κ1) is 15.2. The van der Waals surface area contributed by atoms with Crippen LogP contribution in [0, 0.1) is 5.82 Å². The van der Waals surface area contributed by atoms with Crippen LogP contribution in [0.2, 0.25) is 0 Å². The molecule has 23 heavy (non-hydrogen) atoms. The summed E-state index contributed by atoms with van der Waals surface area (Å²) in [7, 11) is 0. The number of nitrogens with zero attached hydrogens (tertiary/aromatic N) is 2. The lowest BCUT2D eigenvalue weighted by molar-refractivity contribution is 0.0943. The van der Waals surface area contributed by atoms with Gasteiger partial charge in [-0.15, -0.1) is 0 Å². The highest BCUT2D eigenvalue weighted by Gasteiger charge is 2.24. The Kier molecular flexibility index (Phi) is 3.63. The summed E-state index contributed by atoms with van der Waals surface area (Å²) in [6, 6.07) is 4.32. The lowest BCUT2D eigenvalue weighted by atomic mass is 9.90. The molecule has 0 aliphatic heterocycles. The molecule has 2 heterocycles. The second kappa shape index (κ2) is 5.49. The predicted molar refractivity (Wildman–Crippen MR) is 84.5 cm³/mol. The predicted octanol–water partition coefficient (Wildman–Crippen LogP) is 2.65. The van der Waals surface area contributed by atoms with Gasteiger partial charge in [0.05, 0.1) is 29.6 Å². The normalized spacial score (nSPS) is 11.8. The summed E-state index contributed by atoms with van der Waals surface area (Å²) in [6.07, 6.45) is 1.51. The number of fused-ring (bicyclic) bond motifs is 1. The number of hydrogen-bond acceptors (Lipinski definition) is 3. The number of imidazole rings is 2. The molecule has 0 aliphatic carbocycles. The summed E-state index contributed by atoms with van der Waals surface area (Å²) in [5.74, 6) is -0.0438. The summed E-state index contributed by atoms with van der Waals surface area (Å²) >= 11 is 0. The highest BCUT2D eigenvalue weighted by Crippen LogP contribution is 2.22. The van der Waals surface area contributed by atoms with Crippen LogP contribution in [-0.4, -0.2) is 25.8 Å². The number of amides is 1. The SMILES string of the molecule is CC(C)(C)c1[nH]cnc1C(=O)NCc1nc2ccc(F)cc2[nH]1. The quantitative estimate of drug-likeness (QED) is 0.694. The molecule has 3 N–H and O–H groups in total. The topological polar surface area (TPSA) is 86.5 Å². The van der Waals surface area contributed by atoms with Crippen LogP contribution in [0.1, 0.15) is 42.8 Å². The summed E-state index contributed by atoms with van der Waals surface area (Å²) in [6.45, 7) is 6.23. The maximum atomic E-state index is 13.2. The Hall–Kier alpha value is -2.70. The van der Waals surface area contributed by atoms with Crippen LogP contribution >= 0.6 is 0 Å². The lowest BCUT2D eigenvalue weighted by Crippen LogP contribution is -2.27. The molecule has 0 radical (unpaired) electrons. The Balaban J connectivity index is 1.75. The van der Waals surface area contributed by atoms with Gasteiger partial charge < -0.3 is 15.3 Å². The molecule has 0 saturated heterocycles. The molecule has 0 fully saturated rings. The third-order valence-electron chi connectivity index (χ3n) is 3.51. The average molecular weight is 315 g/mol. The molecular formula is C16H18FN5O. The third kappa shape index (κ3) is 3.08. The van der Waals surface area contributed by atoms with Gasteiger partial charge in [0.2, 0.25) is 0 Å². The number of hydrogen-bond donors (Lipinski definition) is 3. The van der Waals surface area contributed by atoms with Gasteiger partial charge in [0.15, 0.2) is 0 Å². The number of H-pyrrole nitrogens is 2. The van der Waals surface area contributed by atoms with Gasteiger partial charge in [-0.3, -0.25) is 4.79 Å². The van der Waals surface area contributed by atoms with E-state index < -0.39 is 0 Å². The zero-order valence-electron chi connectivity index (χ0n) is 13.2. The molecule has 0 atom stereocenters. The van der Waals surface area contributed by atoms with E-state index in [0.29, 0.717) is 22.6 Å². The molecule has 0 saturated carbocycles. The van der Waals surface area contributed by atoms with Crippen LogP contribution in [-0.2, 0) is 12.0 Å². The Labute approximate surface area is 132 Å². The van der Waals surface area contributed by atoms with Crippen molar-refractivity contribution in [1.29, 1.82) is 0 Å². The van der Waals surface area contributed by atoms with Crippen molar-refractivity contribution >= 4 is 16.9 Å². The lowest BCUT2D eigenvalue weighted by Gasteiger charge is -2.17. The second-order valence-electron chi connectivity index (χ2n) is 6.40. The Morgan fingerprint density at radius 3 is 2.87 bits per heavy atom. The molecule has 2 aromatic heterocycles. The van der Waals surface area contributed by atoms with E-state index in [0.717, 1.165) is 5.69 Å². The van der Waals surface area contributed by atoms with Gasteiger partial charge in [-0.05, 0) is 18.2 Å². The first-order chi connectivity index (χ1) is 10.8. The molecule has 120 valence electrons. The van der Waals surface area contributed by atoms with E-state index >= 15 is 0 Å². The van der Waals surface area contributed by atoms with Crippen molar-refractivity contribution in [3.8, 4) is 0 Å². The zero-order valence-corrected chi connectivity index (χ0v) is 13.2. The van der Waals surface area contributed by atoms with Crippen molar-refractivity contribution in [3.63, 3.8) is 0 Å². The van der Waals surface area contributed by atoms with Crippen LogP contribution in [0.5, 0.6) is 0 Å². The van der Waals surface area contributed by atoms with E-state index in [1.165, 1.54) is 18.5 Å². The van der Waals surface area contributed by atoms with Crippen LogP contribution in [0.15, 0.2) is 24.5 Å². The van der Waals surface area contributed by atoms with E-state index in [1.54, 1.807) is 6.07 Å². The Morgan fingerprint density at radius 1 is 1.35 bits per heavy atom. The van der Waals surface area contributed by atoms with E-state index in [2.05, 4.69) is 25.3 Å². The molecule has 7 heteroatoms. The van der Waals surface area contributed by atoms with Crippen molar-refractivity contribution in [1.82, 2.24) is 25.3 Å². The van der Waals surface area contributed by atoms with Gasteiger partial charge in [0, 0.05) is 5.41 Å². The minimum atomic E-state index is -0.330. The summed E-state index contributed by atoms with van der Waals surface area (Å²) < 4.78 is 13.2. The molecule has 0 unspecified atom stereocenters. The van der Waals surface area contributed by atoms with Gasteiger partial charge in [-0.1, -0.05) is 20.8 Å². The maximum absolute atomic E-state index is 13.2. The molecule has 0 spiro atoms. The van der Waals surface area contributed by atoms with Crippen molar-refractivity contribution in [2.24, 2.45) is 0 Å². The summed E-state index contributed by atoms with van der Waals surface area (Å²) in [5, 5.41) is 2.78. The monoisotopic (exact) mass is 315 g/mol. The van der Waals surface area contributed by atoms with E-state index in [9.17, 15) is 9.18 Å². The van der Waals surface area contributed by atoms with Crippen molar-refractivity contribution in [2.45, 2.75) is 32.7 Å². The maximum Gasteiger partial charge on any atom is 0.272 e. The van der Waals surface area contributed by atoms with Gasteiger partial charge in [-0.25, -0.2) is 14.4 Å². The van der Waals surface area contributed by atoms with Crippen LogP contribution in [0.25, 0.3) is 11.0 Å². The summed E-state index contributed by atoms with van der Waals surface area (Å²) in [4.78, 5) is 26.7. The molecule has 3 rings (SSSR count).